The highest BCUT2D eigenvalue weighted by molar-refractivity contribution is 8.45. The van der Waals surface area contributed by atoms with Gasteiger partial charge in [0.2, 0.25) is 5.12 Å². The minimum atomic E-state index is -0.0494. The molecule has 1 aromatic heterocycles. The van der Waals surface area contributed by atoms with E-state index >= 15 is 0 Å². The summed E-state index contributed by atoms with van der Waals surface area (Å²) in [4.78, 5) is 16.2. The number of carbonyl (C=O) groups is 1. The van der Waals surface area contributed by atoms with Crippen LogP contribution < -0.4 is 0 Å². The molecule has 1 aliphatic heterocycles. The van der Waals surface area contributed by atoms with Gasteiger partial charge < -0.3 is 4.42 Å². The van der Waals surface area contributed by atoms with E-state index in [9.17, 15) is 4.79 Å². The van der Waals surface area contributed by atoms with Gasteiger partial charge in [-0.25, -0.2) is 4.99 Å². The van der Waals surface area contributed by atoms with Crippen LogP contribution in [0.4, 0.5) is 0 Å². The summed E-state index contributed by atoms with van der Waals surface area (Å²) in [5.74, 6) is 2.15. The van der Waals surface area contributed by atoms with Crippen molar-refractivity contribution in [2.24, 2.45) is 4.99 Å². The van der Waals surface area contributed by atoms with Gasteiger partial charge in [-0.1, -0.05) is 42.4 Å². The number of hydrogen-bond acceptors (Lipinski definition) is 5. The van der Waals surface area contributed by atoms with Crippen LogP contribution in [0.3, 0.4) is 0 Å². The van der Waals surface area contributed by atoms with E-state index in [1.807, 2.05) is 43.3 Å². The lowest BCUT2D eigenvalue weighted by molar-refractivity contribution is -0.107. The summed E-state index contributed by atoms with van der Waals surface area (Å²) in [5, 5.41) is 0.579. The van der Waals surface area contributed by atoms with Crippen LogP contribution in [0.15, 0.2) is 51.5 Å². The summed E-state index contributed by atoms with van der Waals surface area (Å²) in [7, 11) is 0. The summed E-state index contributed by atoms with van der Waals surface area (Å²) in [5.41, 5.74) is 1.24. The Hall–Kier alpha value is -1.43. The van der Waals surface area contributed by atoms with Gasteiger partial charge in [-0.2, -0.15) is 0 Å². The maximum atomic E-state index is 11.9. The fourth-order valence-corrected chi connectivity index (χ4v) is 3.91. The zero-order valence-electron chi connectivity index (χ0n) is 11.7. The van der Waals surface area contributed by atoms with Crippen molar-refractivity contribution in [3.63, 3.8) is 0 Å². The van der Waals surface area contributed by atoms with Gasteiger partial charge in [0.05, 0.1) is 5.02 Å². The van der Waals surface area contributed by atoms with Crippen molar-refractivity contribution in [1.29, 1.82) is 0 Å². The smallest absolute Gasteiger partial charge is 0.244 e. The fourth-order valence-electron chi connectivity index (χ4n) is 1.95. The molecule has 1 aromatic carbocycles. The van der Waals surface area contributed by atoms with Gasteiger partial charge in [0, 0.05) is 11.6 Å². The maximum Gasteiger partial charge on any atom is 0.244 e. The summed E-state index contributed by atoms with van der Waals surface area (Å²) in [6, 6.07) is 11.1. The van der Waals surface area contributed by atoms with Crippen LogP contribution in [-0.4, -0.2) is 15.2 Å². The zero-order valence-corrected chi connectivity index (χ0v) is 14.1. The van der Waals surface area contributed by atoms with Gasteiger partial charge in [0.15, 0.2) is 0 Å². The van der Waals surface area contributed by atoms with Crippen LogP contribution in [0, 0.1) is 0 Å². The van der Waals surface area contributed by atoms with E-state index in [4.69, 9.17) is 16.0 Å². The van der Waals surface area contributed by atoms with E-state index in [1.165, 1.54) is 11.8 Å². The predicted molar refractivity (Wildman–Crippen MR) is 95.3 cm³/mol. The lowest BCUT2D eigenvalue weighted by Gasteiger charge is -1.99. The normalized spacial score (nSPS) is 16.4. The molecule has 0 saturated heterocycles. The molecule has 0 amide bonds. The molecule has 6 heteroatoms. The summed E-state index contributed by atoms with van der Waals surface area (Å²) in [6.07, 6.45) is 1.67. The van der Waals surface area contributed by atoms with E-state index in [-0.39, 0.29) is 5.12 Å². The van der Waals surface area contributed by atoms with Crippen molar-refractivity contribution in [2.45, 2.75) is 6.92 Å². The summed E-state index contributed by atoms with van der Waals surface area (Å²) in [6.45, 7) is 2.03. The Bertz CT molecular complexity index is 780. The van der Waals surface area contributed by atoms with Crippen LogP contribution >= 0.6 is 35.1 Å². The van der Waals surface area contributed by atoms with Crippen molar-refractivity contribution in [3.8, 4) is 11.3 Å². The number of aliphatic imine (C=N–C) groups is 1. The fraction of sp³-hybridized carbons (Fsp3) is 0.125. The Balaban J connectivity index is 1.87. The first-order valence-corrected chi connectivity index (χ1v) is 8.85. The molecule has 112 valence electrons. The zero-order chi connectivity index (χ0) is 15.5. The highest BCUT2D eigenvalue weighted by Crippen LogP contribution is 2.33. The van der Waals surface area contributed by atoms with Gasteiger partial charge in [0.25, 0.3) is 0 Å². The molecule has 3 nitrogen and oxygen atoms in total. The first kappa shape index (κ1) is 15.5. The van der Waals surface area contributed by atoms with E-state index in [1.54, 1.807) is 17.8 Å². The average Bonchev–Trinajstić information content (AvgIpc) is 3.08. The topological polar surface area (TPSA) is 42.6 Å². The van der Waals surface area contributed by atoms with Crippen LogP contribution in [-0.2, 0) is 4.79 Å². The van der Waals surface area contributed by atoms with Crippen molar-refractivity contribution < 1.29 is 9.21 Å². The largest absolute Gasteiger partial charge is 0.457 e. The van der Waals surface area contributed by atoms with Crippen molar-refractivity contribution in [2.75, 3.05) is 5.75 Å². The Morgan fingerprint density at radius 2 is 2.14 bits per heavy atom. The molecule has 0 saturated carbocycles. The van der Waals surface area contributed by atoms with Gasteiger partial charge in [-0.3, -0.25) is 4.79 Å². The minimum absolute atomic E-state index is 0.0494. The van der Waals surface area contributed by atoms with Crippen molar-refractivity contribution in [1.82, 2.24) is 0 Å². The number of furan rings is 1. The lowest BCUT2D eigenvalue weighted by Crippen LogP contribution is -1.87. The van der Waals surface area contributed by atoms with E-state index in [2.05, 4.69) is 4.99 Å². The standard InChI is InChI=1S/C16H12ClNO2S2/c1-2-21-16-18-13(15(19)22-16)9-10-7-8-14(20-10)11-5-3-4-6-12(11)17/h3-9H,2H2,1H3/b13-9+. The molecule has 0 spiro atoms. The summed E-state index contributed by atoms with van der Waals surface area (Å²) >= 11 is 8.89. The molecule has 0 fully saturated rings. The van der Waals surface area contributed by atoms with Crippen LogP contribution in [0.1, 0.15) is 12.7 Å². The third kappa shape index (κ3) is 3.32. The van der Waals surface area contributed by atoms with Crippen LogP contribution in [0.2, 0.25) is 5.02 Å². The summed E-state index contributed by atoms with van der Waals surface area (Å²) < 4.78 is 6.55. The van der Waals surface area contributed by atoms with E-state index in [0.717, 1.165) is 15.7 Å². The number of hydrogen-bond donors (Lipinski definition) is 0. The molecule has 2 aromatic rings. The second kappa shape index (κ2) is 6.77. The predicted octanol–water partition coefficient (Wildman–Crippen LogP) is 5.32. The van der Waals surface area contributed by atoms with Crippen LogP contribution in [0.5, 0.6) is 0 Å². The second-order valence-electron chi connectivity index (χ2n) is 4.41. The Labute approximate surface area is 141 Å². The number of nitrogens with zero attached hydrogens (tertiary/aromatic N) is 1. The monoisotopic (exact) mass is 349 g/mol. The van der Waals surface area contributed by atoms with Crippen molar-refractivity contribution >= 4 is 50.7 Å². The molecular formula is C16H12ClNO2S2. The Morgan fingerprint density at radius 1 is 1.32 bits per heavy atom. The van der Waals surface area contributed by atoms with Gasteiger partial charge in [-0.15, -0.1) is 0 Å². The van der Waals surface area contributed by atoms with Gasteiger partial charge >= 0.3 is 0 Å². The Kier molecular flexibility index (Phi) is 4.76. The molecule has 0 bridgehead atoms. The molecule has 0 atom stereocenters. The maximum absolute atomic E-state index is 11.9. The van der Waals surface area contributed by atoms with Gasteiger partial charge in [0.1, 0.15) is 21.6 Å². The number of benzene rings is 1. The SMILES string of the molecule is CCSC1=N/C(=C/c2ccc(-c3ccccc3Cl)o2)C(=O)S1. The number of rotatable bonds is 3. The second-order valence-corrected chi connectivity index (χ2v) is 7.29. The third-order valence-electron chi connectivity index (χ3n) is 2.91. The molecule has 0 N–H and O–H groups in total. The number of halogens is 1. The van der Waals surface area contributed by atoms with Crippen LogP contribution in [0.25, 0.3) is 17.4 Å². The lowest BCUT2D eigenvalue weighted by atomic mass is 10.2. The molecule has 0 unspecified atom stereocenters. The van der Waals surface area contributed by atoms with E-state index < -0.39 is 0 Å². The number of carbonyl (C=O) groups excluding carboxylic acids is 1. The quantitative estimate of drug-likeness (QED) is 0.703. The molecule has 1 aliphatic rings. The molecule has 2 heterocycles. The van der Waals surface area contributed by atoms with Crippen molar-refractivity contribution in [3.05, 3.63) is 52.9 Å². The first-order chi connectivity index (χ1) is 10.7. The molecular weight excluding hydrogens is 338 g/mol. The highest BCUT2D eigenvalue weighted by atomic mass is 35.5. The third-order valence-corrected chi connectivity index (χ3v) is 5.13. The highest BCUT2D eigenvalue weighted by Gasteiger charge is 2.22. The molecule has 0 aliphatic carbocycles. The average molecular weight is 350 g/mol. The molecule has 0 radical (unpaired) electrons. The first-order valence-electron chi connectivity index (χ1n) is 6.67. The molecule has 22 heavy (non-hydrogen) atoms. The Morgan fingerprint density at radius 3 is 2.91 bits per heavy atom. The molecule has 3 rings (SSSR count). The van der Waals surface area contributed by atoms with Gasteiger partial charge in [-0.05, 0) is 41.8 Å². The number of thioether (sulfide) groups is 2. The van der Waals surface area contributed by atoms with E-state index in [0.29, 0.717) is 22.2 Å². The minimum Gasteiger partial charge on any atom is -0.457 e.